The number of rotatable bonds is 3. The first-order valence-electron chi connectivity index (χ1n) is 9.20. The van der Waals surface area contributed by atoms with Crippen LogP contribution in [0.1, 0.15) is 45.8 Å². The second-order valence-electron chi connectivity index (χ2n) is 6.79. The molecular weight excluding hydrogens is 374 g/mol. The Balaban J connectivity index is 2.01. The highest BCUT2D eigenvalue weighted by atomic mass is 35.5. The van der Waals surface area contributed by atoms with Gasteiger partial charge in [0.15, 0.2) is 6.10 Å². The zero-order valence-corrected chi connectivity index (χ0v) is 16.7. The maximum atomic E-state index is 12.8. The molecule has 1 aromatic heterocycles. The molecular formula is C23H20ClNO3. The van der Waals surface area contributed by atoms with Gasteiger partial charge in [0, 0.05) is 22.9 Å². The fraction of sp³-hybridized carbons (Fsp3) is 0.217. The minimum atomic E-state index is -0.413. The van der Waals surface area contributed by atoms with Gasteiger partial charge in [0.1, 0.15) is 5.75 Å². The van der Waals surface area contributed by atoms with E-state index in [2.05, 4.69) is 4.98 Å². The van der Waals surface area contributed by atoms with E-state index in [1.54, 1.807) is 19.2 Å². The summed E-state index contributed by atoms with van der Waals surface area (Å²) in [5.41, 5.74) is 5.59. The minimum Gasteiger partial charge on any atom is -0.479 e. The van der Waals surface area contributed by atoms with E-state index < -0.39 is 6.10 Å². The van der Waals surface area contributed by atoms with Crippen LogP contribution in [-0.4, -0.2) is 17.6 Å². The molecule has 0 amide bonds. The molecule has 4 nitrogen and oxygen atoms in total. The molecule has 28 heavy (non-hydrogen) atoms. The lowest BCUT2D eigenvalue weighted by Gasteiger charge is -2.31. The van der Waals surface area contributed by atoms with Gasteiger partial charge in [-0.25, -0.2) is 4.79 Å². The zero-order valence-electron chi connectivity index (χ0n) is 16.0. The summed E-state index contributed by atoms with van der Waals surface area (Å²) in [7, 11) is 0. The quantitative estimate of drug-likeness (QED) is 0.537. The largest absolute Gasteiger partial charge is 0.479 e. The molecule has 1 unspecified atom stereocenters. The number of carbonyl (C=O) groups excluding carboxylic acids is 1. The van der Waals surface area contributed by atoms with E-state index in [9.17, 15) is 4.79 Å². The first-order chi connectivity index (χ1) is 13.5. The summed E-state index contributed by atoms with van der Waals surface area (Å²) in [6.07, 6.45) is 1.37. The highest BCUT2D eigenvalue weighted by molar-refractivity contribution is 6.32. The van der Waals surface area contributed by atoms with Gasteiger partial charge in [-0.15, -0.1) is 0 Å². The van der Waals surface area contributed by atoms with Crippen molar-refractivity contribution in [3.05, 3.63) is 81.6 Å². The second-order valence-corrected chi connectivity index (χ2v) is 7.20. The molecule has 1 atom stereocenters. The SMILES string of the molecule is CCOC(=O)c1c(C)ncc2c1-c1cccc(Cl)c1OC2c1ccc(C)cc1. The average Bonchev–Trinajstić information content (AvgIpc) is 2.68. The van der Waals surface area contributed by atoms with Gasteiger partial charge in [0.25, 0.3) is 0 Å². The number of ether oxygens (including phenoxy) is 2. The molecule has 2 aromatic carbocycles. The molecule has 1 aliphatic rings. The summed E-state index contributed by atoms with van der Waals surface area (Å²) in [5.74, 6) is 0.179. The van der Waals surface area contributed by atoms with Gasteiger partial charge in [-0.1, -0.05) is 53.6 Å². The van der Waals surface area contributed by atoms with E-state index in [-0.39, 0.29) is 5.97 Å². The van der Waals surface area contributed by atoms with Gasteiger partial charge in [-0.2, -0.15) is 0 Å². The number of hydrogen-bond donors (Lipinski definition) is 0. The molecule has 0 saturated heterocycles. The molecule has 3 aromatic rings. The standard InChI is InChI=1S/C23H20ClNO3/c1-4-27-23(26)19-14(3)25-12-17-20(19)16-6-5-7-18(24)22(16)28-21(17)15-10-8-13(2)9-11-15/h5-12,21H,4H2,1-3H3. The molecule has 0 fully saturated rings. The fourth-order valence-corrected chi connectivity index (χ4v) is 3.78. The number of nitrogens with zero attached hydrogens (tertiary/aromatic N) is 1. The van der Waals surface area contributed by atoms with Crippen LogP contribution in [0.2, 0.25) is 5.02 Å². The number of aryl methyl sites for hydroxylation is 2. The van der Waals surface area contributed by atoms with Crippen molar-refractivity contribution in [3.8, 4) is 16.9 Å². The van der Waals surface area contributed by atoms with Crippen LogP contribution in [0, 0.1) is 13.8 Å². The van der Waals surface area contributed by atoms with E-state index in [0.29, 0.717) is 28.6 Å². The maximum absolute atomic E-state index is 12.8. The van der Waals surface area contributed by atoms with Crippen molar-refractivity contribution < 1.29 is 14.3 Å². The highest BCUT2D eigenvalue weighted by Gasteiger charge is 2.34. The molecule has 1 aliphatic heterocycles. The summed E-state index contributed by atoms with van der Waals surface area (Å²) in [6, 6.07) is 13.7. The lowest BCUT2D eigenvalue weighted by Crippen LogP contribution is -2.20. The third kappa shape index (κ3) is 3.04. The van der Waals surface area contributed by atoms with Gasteiger partial charge in [0.2, 0.25) is 0 Å². The van der Waals surface area contributed by atoms with Gasteiger partial charge in [0.05, 0.1) is 22.9 Å². The molecule has 0 spiro atoms. The van der Waals surface area contributed by atoms with E-state index in [1.165, 1.54) is 0 Å². The first kappa shape index (κ1) is 18.5. The monoisotopic (exact) mass is 393 g/mol. The average molecular weight is 394 g/mol. The topological polar surface area (TPSA) is 48.4 Å². The van der Waals surface area contributed by atoms with Gasteiger partial charge < -0.3 is 9.47 Å². The number of halogens is 1. The Hall–Kier alpha value is -2.85. The Morgan fingerprint density at radius 2 is 1.93 bits per heavy atom. The summed E-state index contributed by atoms with van der Waals surface area (Å²) >= 11 is 6.46. The number of esters is 1. The summed E-state index contributed by atoms with van der Waals surface area (Å²) in [4.78, 5) is 17.3. The van der Waals surface area contributed by atoms with Crippen molar-refractivity contribution in [2.45, 2.75) is 26.9 Å². The highest BCUT2D eigenvalue weighted by Crippen LogP contribution is 2.49. The van der Waals surface area contributed by atoms with Crippen molar-refractivity contribution in [3.63, 3.8) is 0 Å². The van der Waals surface area contributed by atoms with E-state index in [4.69, 9.17) is 21.1 Å². The van der Waals surface area contributed by atoms with Crippen molar-refractivity contribution >= 4 is 17.6 Å². The maximum Gasteiger partial charge on any atom is 0.340 e. The molecule has 0 radical (unpaired) electrons. The molecule has 0 aliphatic carbocycles. The molecule has 142 valence electrons. The molecule has 2 heterocycles. The number of hydrogen-bond acceptors (Lipinski definition) is 4. The van der Waals surface area contributed by atoms with Crippen molar-refractivity contribution in [1.29, 1.82) is 0 Å². The molecule has 5 heteroatoms. The van der Waals surface area contributed by atoms with Crippen LogP contribution in [-0.2, 0) is 4.74 Å². The van der Waals surface area contributed by atoms with Gasteiger partial charge in [-0.05, 0) is 32.4 Å². The van der Waals surface area contributed by atoms with Crippen LogP contribution in [0.25, 0.3) is 11.1 Å². The molecule has 0 N–H and O–H groups in total. The number of carbonyl (C=O) groups is 1. The van der Waals surface area contributed by atoms with Crippen LogP contribution in [0.4, 0.5) is 0 Å². The van der Waals surface area contributed by atoms with Crippen LogP contribution in [0.3, 0.4) is 0 Å². The molecule has 0 saturated carbocycles. The molecule has 0 bridgehead atoms. The van der Waals surface area contributed by atoms with Crippen LogP contribution < -0.4 is 4.74 Å². The summed E-state index contributed by atoms with van der Waals surface area (Å²) in [5, 5.41) is 0.504. The van der Waals surface area contributed by atoms with E-state index in [0.717, 1.165) is 27.8 Å². The van der Waals surface area contributed by atoms with Crippen molar-refractivity contribution in [2.24, 2.45) is 0 Å². The predicted molar refractivity (Wildman–Crippen MR) is 109 cm³/mol. The Kier molecular flexibility index (Phi) is 4.82. The lowest BCUT2D eigenvalue weighted by molar-refractivity contribution is 0.0525. The second kappa shape index (κ2) is 7.28. The number of pyridine rings is 1. The minimum absolute atomic E-state index is 0.294. The van der Waals surface area contributed by atoms with Crippen LogP contribution in [0.15, 0.2) is 48.7 Å². The van der Waals surface area contributed by atoms with E-state index in [1.807, 2.05) is 50.2 Å². The Morgan fingerprint density at radius 1 is 1.18 bits per heavy atom. The number of fused-ring (bicyclic) bond motifs is 3. The van der Waals surface area contributed by atoms with Crippen LogP contribution in [0.5, 0.6) is 5.75 Å². The Bertz CT molecular complexity index is 1060. The normalized spacial score (nSPS) is 14.6. The van der Waals surface area contributed by atoms with Crippen molar-refractivity contribution in [2.75, 3.05) is 6.61 Å². The Labute approximate surface area is 169 Å². The Morgan fingerprint density at radius 3 is 2.64 bits per heavy atom. The zero-order chi connectivity index (χ0) is 19.8. The summed E-state index contributed by atoms with van der Waals surface area (Å²) < 4.78 is 11.6. The predicted octanol–water partition coefficient (Wildman–Crippen LogP) is 5.68. The van der Waals surface area contributed by atoms with E-state index >= 15 is 0 Å². The van der Waals surface area contributed by atoms with Gasteiger partial charge in [-0.3, -0.25) is 4.98 Å². The smallest absolute Gasteiger partial charge is 0.340 e. The molecule has 4 rings (SSSR count). The fourth-order valence-electron chi connectivity index (χ4n) is 3.56. The third-order valence-corrected chi connectivity index (χ3v) is 5.21. The lowest BCUT2D eigenvalue weighted by atomic mass is 9.87. The first-order valence-corrected chi connectivity index (χ1v) is 9.57. The number of benzene rings is 2. The number of aromatic nitrogens is 1. The third-order valence-electron chi connectivity index (χ3n) is 4.91. The summed E-state index contributed by atoms with van der Waals surface area (Å²) in [6.45, 7) is 5.93. The van der Waals surface area contributed by atoms with Gasteiger partial charge >= 0.3 is 5.97 Å². The number of para-hydroxylation sites is 1. The van der Waals surface area contributed by atoms with Crippen molar-refractivity contribution in [1.82, 2.24) is 4.98 Å². The van der Waals surface area contributed by atoms with Crippen LogP contribution >= 0.6 is 11.6 Å².